The van der Waals surface area contributed by atoms with Crippen molar-refractivity contribution in [3.8, 4) is 0 Å². The molecule has 0 spiro atoms. The number of anilines is 1. The number of benzene rings is 2. The van der Waals surface area contributed by atoms with Crippen LogP contribution >= 0.6 is 0 Å². The minimum Gasteiger partial charge on any atom is -0.350 e. The topological polar surface area (TPSA) is 69.7 Å². The standard InChI is InChI=1S/C25H35N3O3S/c1-4-24(28(32(3,30)31)23-14-10-11-20(2)17-23)25(29)26-18-21-12-6-7-13-22(21)19-27-15-8-5-9-16-27/h6-7,10-14,17,24H,4-5,8-9,15-16,18-19H2,1-3H3,(H,26,29). The Labute approximate surface area is 192 Å². The lowest BCUT2D eigenvalue weighted by atomic mass is 10.0. The maximum atomic E-state index is 13.2. The van der Waals surface area contributed by atoms with Crippen molar-refractivity contribution >= 4 is 21.6 Å². The Morgan fingerprint density at radius 1 is 1.06 bits per heavy atom. The van der Waals surface area contributed by atoms with Crippen molar-refractivity contribution in [1.29, 1.82) is 0 Å². The molecule has 1 saturated heterocycles. The van der Waals surface area contributed by atoms with E-state index < -0.39 is 16.1 Å². The van der Waals surface area contributed by atoms with Crippen molar-refractivity contribution in [2.24, 2.45) is 0 Å². The minimum atomic E-state index is -3.64. The lowest BCUT2D eigenvalue weighted by Crippen LogP contribution is -2.49. The first kappa shape index (κ1) is 24.3. The van der Waals surface area contributed by atoms with Crippen LogP contribution in [0, 0.1) is 6.92 Å². The summed E-state index contributed by atoms with van der Waals surface area (Å²) in [6.07, 6.45) is 5.29. The molecule has 1 aliphatic rings. The zero-order chi connectivity index (χ0) is 23.1. The van der Waals surface area contributed by atoms with Gasteiger partial charge in [-0.2, -0.15) is 0 Å². The number of nitrogens with zero attached hydrogens (tertiary/aromatic N) is 2. The molecule has 0 bridgehead atoms. The fourth-order valence-corrected chi connectivity index (χ4v) is 5.57. The molecule has 1 unspecified atom stereocenters. The Balaban J connectivity index is 1.75. The van der Waals surface area contributed by atoms with Crippen LogP contribution in [0.4, 0.5) is 5.69 Å². The number of amides is 1. The molecule has 1 fully saturated rings. The van der Waals surface area contributed by atoms with Gasteiger partial charge in [-0.3, -0.25) is 14.0 Å². The normalized spacial score (nSPS) is 15.8. The first-order chi connectivity index (χ1) is 15.3. The van der Waals surface area contributed by atoms with Crippen molar-refractivity contribution in [3.63, 3.8) is 0 Å². The summed E-state index contributed by atoms with van der Waals surface area (Å²) >= 11 is 0. The SMILES string of the molecule is CCC(C(=O)NCc1ccccc1CN1CCCCC1)N(c1cccc(C)c1)S(C)(=O)=O. The molecule has 0 aliphatic carbocycles. The number of aryl methyl sites for hydroxylation is 1. The van der Waals surface area contributed by atoms with Gasteiger partial charge < -0.3 is 5.32 Å². The van der Waals surface area contributed by atoms with Crippen LogP contribution in [0.5, 0.6) is 0 Å². The molecule has 1 N–H and O–H groups in total. The third kappa shape index (κ3) is 6.33. The van der Waals surface area contributed by atoms with E-state index in [0.29, 0.717) is 18.7 Å². The van der Waals surface area contributed by atoms with Gasteiger partial charge in [-0.1, -0.05) is 49.7 Å². The highest BCUT2D eigenvalue weighted by atomic mass is 32.2. The van der Waals surface area contributed by atoms with E-state index in [9.17, 15) is 13.2 Å². The van der Waals surface area contributed by atoms with Gasteiger partial charge in [-0.05, 0) is 68.1 Å². The summed E-state index contributed by atoms with van der Waals surface area (Å²) in [7, 11) is -3.64. The van der Waals surface area contributed by atoms with E-state index in [2.05, 4.69) is 16.3 Å². The van der Waals surface area contributed by atoms with E-state index >= 15 is 0 Å². The lowest BCUT2D eigenvalue weighted by molar-refractivity contribution is -0.122. The Kier molecular flexibility index (Phi) is 8.32. The third-order valence-corrected chi connectivity index (χ3v) is 7.18. The smallest absolute Gasteiger partial charge is 0.244 e. The summed E-state index contributed by atoms with van der Waals surface area (Å²) in [6, 6.07) is 14.6. The van der Waals surface area contributed by atoms with Crippen LogP contribution in [0.2, 0.25) is 0 Å². The Morgan fingerprint density at radius 2 is 1.75 bits per heavy atom. The average molecular weight is 458 g/mol. The number of rotatable bonds is 9. The lowest BCUT2D eigenvalue weighted by Gasteiger charge is -2.30. The molecule has 2 aromatic rings. The van der Waals surface area contributed by atoms with Crippen LogP contribution in [0.1, 0.15) is 49.3 Å². The highest BCUT2D eigenvalue weighted by Gasteiger charge is 2.31. The molecule has 3 rings (SSSR count). The maximum Gasteiger partial charge on any atom is 0.244 e. The maximum absolute atomic E-state index is 13.2. The zero-order valence-electron chi connectivity index (χ0n) is 19.4. The van der Waals surface area contributed by atoms with Crippen molar-refractivity contribution in [3.05, 3.63) is 65.2 Å². The molecule has 174 valence electrons. The Bertz CT molecular complexity index is 1020. The van der Waals surface area contributed by atoms with Gasteiger partial charge in [0.05, 0.1) is 11.9 Å². The summed E-state index contributed by atoms with van der Waals surface area (Å²) in [5.74, 6) is -0.285. The molecule has 1 amide bonds. The predicted molar refractivity (Wildman–Crippen MR) is 130 cm³/mol. The molecule has 1 atom stereocenters. The second-order valence-corrected chi connectivity index (χ2v) is 10.5. The summed E-state index contributed by atoms with van der Waals surface area (Å²) in [5, 5.41) is 3.00. The van der Waals surface area contributed by atoms with Gasteiger partial charge in [-0.25, -0.2) is 8.42 Å². The number of likely N-dealkylation sites (tertiary alicyclic amines) is 1. The van der Waals surface area contributed by atoms with E-state index in [1.165, 1.54) is 29.1 Å². The second-order valence-electron chi connectivity index (χ2n) is 8.65. The summed E-state index contributed by atoms with van der Waals surface area (Å²) in [4.78, 5) is 15.6. The number of hydrogen-bond donors (Lipinski definition) is 1. The van der Waals surface area contributed by atoms with E-state index in [1.54, 1.807) is 12.1 Å². The van der Waals surface area contributed by atoms with Crippen LogP contribution in [-0.4, -0.2) is 44.6 Å². The molecular weight excluding hydrogens is 422 g/mol. The van der Waals surface area contributed by atoms with Crippen molar-refractivity contribution in [2.45, 2.75) is 58.7 Å². The average Bonchev–Trinajstić information content (AvgIpc) is 2.76. The molecule has 7 heteroatoms. The number of carbonyl (C=O) groups is 1. The number of sulfonamides is 1. The predicted octanol–water partition coefficient (Wildman–Crippen LogP) is 3.84. The quantitative estimate of drug-likeness (QED) is 0.621. The van der Waals surface area contributed by atoms with Gasteiger partial charge in [0.25, 0.3) is 0 Å². The van der Waals surface area contributed by atoms with Crippen LogP contribution in [-0.2, 0) is 27.9 Å². The first-order valence-electron chi connectivity index (χ1n) is 11.4. The zero-order valence-corrected chi connectivity index (χ0v) is 20.2. The number of nitrogens with one attached hydrogen (secondary N) is 1. The summed E-state index contributed by atoms with van der Waals surface area (Å²) in [5.41, 5.74) is 3.74. The fourth-order valence-electron chi connectivity index (χ4n) is 4.37. The van der Waals surface area contributed by atoms with Crippen LogP contribution in [0.25, 0.3) is 0 Å². The number of carbonyl (C=O) groups excluding carboxylic acids is 1. The molecule has 2 aromatic carbocycles. The monoisotopic (exact) mass is 457 g/mol. The van der Waals surface area contributed by atoms with Crippen LogP contribution < -0.4 is 9.62 Å². The molecule has 0 saturated carbocycles. The molecule has 1 aliphatic heterocycles. The van der Waals surface area contributed by atoms with Gasteiger partial charge in [0.1, 0.15) is 6.04 Å². The van der Waals surface area contributed by atoms with Crippen molar-refractivity contribution in [2.75, 3.05) is 23.7 Å². The van der Waals surface area contributed by atoms with E-state index in [1.807, 2.05) is 44.2 Å². The van der Waals surface area contributed by atoms with Crippen molar-refractivity contribution < 1.29 is 13.2 Å². The first-order valence-corrected chi connectivity index (χ1v) is 13.3. The molecule has 6 nitrogen and oxygen atoms in total. The Morgan fingerprint density at radius 3 is 2.38 bits per heavy atom. The van der Waals surface area contributed by atoms with Gasteiger partial charge in [0.15, 0.2) is 0 Å². The number of hydrogen-bond acceptors (Lipinski definition) is 4. The molecule has 32 heavy (non-hydrogen) atoms. The summed E-state index contributed by atoms with van der Waals surface area (Å²) < 4.78 is 26.5. The van der Waals surface area contributed by atoms with E-state index in [-0.39, 0.29) is 5.91 Å². The molecule has 0 aromatic heterocycles. The number of piperidine rings is 1. The highest BCUT2D eigenvalue weighted by molar-refractivity contribution is 7.92. The largest absolute Gasteiger partial charge is 0.350 e. The van der Waals surface area contributed by atoms with Crippen molar-refractivity contribution in [1.82, 2.24) is 10.2 Å². The molecule has 1 heterocycles. The summed E-state index contributed by atoms with van der Waals surface area (Å²) in [6.45, 7) is 7.22. The van der Waals surface area contributed by atoms with Gasteiger partial charge in [0, 0.05) is 13.1 Å². The van der Waals surface area contributed by atoms with Gasteiger partial charge in [-0.15, -0.1) is 0 Å². The van der Waals surface area contributed by atoms with Gasteiger partial charge >= 0.3 is 0 Å². The molecule has 0 radical (unpaired) electrons. The highest BCUT2D eigenvalue weighted by Crippen LogP contribution is 2.24. The fraction of sp³-hybridized carbons (Fsp3) is 0.480. The van der Waals surface area contributed by atoms with Crippen LogP contribution in [0.3, 0.4) is 0 Å². The minimum absolute atomic E-state index is 0.285. The van der Waals surface area contributed by atoms with E-state index in [4.69, 9.17) is 0 Å². The second kappa shape index (κ2) is 11.0. The van der Waals surface area contributed by atoms with Crippen LogP contribution in [0.15, 0.2) is 48.5 Å². The van der Waals surface area contributed by atoms with Gasteiger partial charge in [0.2, 0.25) is 15.9 Å². The molecular formula is C25H35N3O3S. The Hall–Kier alpha value is -2.38. The third-order valence-electron chi connectivity index (χ3n) is 6.00. The van der Waals surface area contributed by atoms with E-state index in [0.717, 1.165) is 37.0 Å².